The van der Waals surface area contributed by atoms with Crippen LogP contribution < -0.4 is 4.90 Å². The quantitative estimate of drug-likeness (QED) is 0.144. The number of allylic oxidation sites excluding steroid dienone is 8. The Morgan fingerprint density at radius 3 is 1.64 bits per heavy atom. The van der Waals surface area contributed by atoms with E-state index in [2.05, 4.69) is 225 Å². The zero-order valence-electron chi connectivity index (χ0n) is 38.3. The molecule has 0 fully saturated rings. The van der Waals surface area contributed by atoms with Gasteiger partial charge in [-0.15, -0.1) is 0 Å². The van der Waals surface area contributed by atoms with Crippen molar-refractivity contribution in [3.8, 4) is 44.5 Å². The van der Waals surface area contributed by atoms with Crippen molar-refractivity contribution in [1.29, 1.82) is 0 Å². The maximum absolute atomic E-state index is 6.36. The highest BCUT2D eigenvalue weighted by molar-refractivity contribution is 6.09. The van der Waals surface area contributed by atoms with Gasteiger partial charge in [0.15, 0.2) is 0 Å². The third kappa shape index (κ3) is 8.28. The molecule has 0 aliphatic heterocycles. The highest BCUT2D eigenvalue weighted by Gasteiger charge is 2.20. The lowest BCUT2D eigenvalue weighted by molar-refractivity contribution is 0.670. The van der Waals surface area contributed by atoms with Crippen molar-refractivity contribution in [3.05, 3.63) is 241 Å². The highest BCUT2D eigenvalue weighted by Crippen LogP contribution is 2.41. The standard InChI is InChI=1S/C62H49NO.C2H6/c1-42-12-6-7-15-55(42)57-18-10-17-56(43(57)2)50-26-22-45(23-27-50)48-32-38-53(39-33-48)63(52-36-30-47(31-37-52)44-13-4-3-5-14-44)54-40-34-49(35-41-54)46-24-28-51(29-25-46)58-19-11-20-60-59-16-8-9-21-61(59)64-62(58)60;1-2/h3-11,13-32,34-38,40-42H,12,33,39H2,1-2H3;1-2H3. The van der Waals surface area contributed by atoms with E-state index in [1.165, 1.54) is 66.9 Å². The summed E-state index contributed by atoms with van der Waals surface area (Å²) >= 11 is 0. The van der Waals surface area contributed by atoms with Gasteiger partial charge >= 0.3 is 0 Å². The maximum atomic E-state index is 6.36. The molecule has 0 spiro atoms. The molecule has 1 aromatic heterocycles. The normalized spacial score (nSPS) is 14.5. The number of benzene rings is 8. The van der Waals surface area contributed by atoms with Crippen LogP contribution in [0.15, 0.2) is 229 Å². The summed E-state index contributed by atoms with van der Waals surface area (Å²) in [6.07, 6.45) is 14.4. The Morgan fingerprint density at radius 1 is 0.455 bits per heavy atom. The molecule has 2 aliphatic rings. The van der Waals surface area contributed by atoms with E-state index in [1.807, 2.05) is 26.0 Å². The van der Waals surface area contributed by atoms with E-state index in [9.17, 15) is 0 Å². The molecule has 66 heavy (non-hydrogen) atoms. The van der Waals surface area contributed by atoms with Crippen molar-refractivity contribution in [2.24, 2.45) is 5.92 Å². The summed E-state index contributed by atoms with van der Waals surface area (Å²) < 4.78 is 6.36. The summed E-state index contributed by atoms with van der Waals surface area (Å²) in [4.78, 5) is 2.43. The predicted molar refractivity (Wildman–Crippen MR) is 283 cm³/mol. The van der Waals surface area contributed by atoms with E-state index in [4.69, 9.17) is 4.42 Å². The fourth-order valence-corrected chi connectivity index (χ4v) is 9.81. The molecule has 1 heterocycles. The second-order valence-electron chi connectivity index (χ2n) is 17.2. The van der Waals surface area contributed by atoms with Crippen LogP contribution in [-0.4, -0.2) is 0 Å². The minimum atomic E-state index is 0.530. The van der Waals surface area contributed by atoms with Gasteiger partial charge in [0.25, 0.3) is 0 Å². The molecule has 0 amide bonds. The largest absolute Gasteiger partial charge is 0.455 e. The van der Waals surface area contributed by atoms with Crippen LogP contribution in [0, 0.1) is 12.8 Å². The Labute approximate surface area is 390 Å². The molecular formula is C64H55NO. The summed E-state index contributed by atoms with van der Waals surface area (Å²) in [6, 6.07) is 68.2. The van der Waals surface area contributed by atoms with Crippen molar-refractivity contribution in [3.63, 3.8) is 0 Å². The summed E-state index contributed by atoms with van der Waals surface area (Å²) in [5.41, 5.74) is 21.8. The van der Waals surface area contributed by atoms with Crippen LogP contribution in [0.2, 0.25) is 0 Å². The first-order chi connectivity index (χ1) is 32.6. The molecule has 2 aliphatic carbocycles. The molecule has 0 bridgehead atoms. The molecule has 11 rings (SSSR count). The topological polar surface area (TPSA) is 16.4 Å². The Hall–Kier alpha value is -7.68. The van der Waals surface area contributed by atoms with Crippen molar-refractivity contribution in [2.45, 2.75) is 47.0 Å². The summed E-state index contributed by atoms with van der Waals surface area (Å²) in [6.45, 7) is 8.61. The van der Waals surface area contributed by atoms with Gasteiger partial charge in [-0.2, -0.15) is 0 Å². The zero-order chi connectivity index (χ0) is 45.0. The minimum Gasteiger partial charge on any atom is -0.455 e. The average Bonchev–Trinajstić information content (AvgIpc) is 3.78. The molecule has 0 saturated heterocycles. The molecule has 1 unspecified atom stereocenters. The van der Waals surface area contributed by atoms with Crippen molar-refractivity contribution >= 4 is 44.5 Å². The monoisotopic (exact) mass is 853 g/mol. The van der Waals surface area contributed by atoms with Crippen LogP contribution in [-0.2, 0) is 0 Å². The lowest BCUT2D eigenvalue weighted by Gasteiger charge is -2.30. The number of nitrogens with zero attached hydrogens (tertiary/aromatic N) is 1. The van der Waals surface area contributed by atoms with Gasteiger partial charge in [-0.3, -0.25) is 0 Å². The van der Waals surface area contributed by atoms with Crippen LogP contribution in [0.1, 0.15) is 56.7 Å². The molecule has 9 aromatic rings. The number of furan rings is 1. The molecular weight excluding hydrogens is 799 g/mol. The third-order valence-corrected chi connectivity index (χ3v) is 13.4. The minimum absolute atomic E-state index is 0.530. The maximum Gasteiger partial charge on any atom is 0.143 e. The Bertz CT molecular complexity index is 3270. The van der Waals surface area contributed by atoms with E-state index in [0.717, 1.165) is 63.7 Å². The molecule has 1 atom stereocenters. The molecule has 0 radical (unpaired) electrons. The van der Waals surface area contributed by atoms with E-state index in [-0.39, 0.29) is 0 Å². The molecule has 8 aromatic carbocycles. The Kier molecular flexibility index (Phi) is 12.0. The highest BCUT2D eigenvalue weighted by atomic mass is 16.3. The molecule has 0 N–H and O–H groups in total. The number of fused-ring (bicyclic) bond motifs is 3. The van der Waals surface area contributed by atoms with E-state index in [0.29, 0.717) is 5.92 Å². The van der Waals surface area contributed by atoms with Crippen LogP contribution in [0.4, 0.5) is 11.4 Å². The van der Waals surface area contributed by atoms with Gasteiger partial charge < -0.3 is 9.32 Å². The smallest absolute Gasteiger partial charge is 0.143 e. The summed E-state index contributed by atoms with van der Waals surface area (Å²) in [7, 11) is 0. The van der Waals surface area contributed by atoms with Crippen LogP contribution in [0.5, 0.6) is 0 Å². The van der Waals surface area contributed by atoms with Gasteiger partial charge in [0, 0.05) is 33.4 Å². The Morgan fingerprint density at radius 2 is 0.985 bits per heavy atom. The fourth-order valence-electron chi connectivity index (χ4n) is 9.81. The number of rotatable bonds is 9. The second kappa shape index (κ2) is 18.8. The predicted octanol–water partition coefficient (Wildman–Crippen LogP) is 18.5. The molecule has 2 nitrogen and oxygen atoms in total. The van der Waals surface area contributed by atoms with Gasteiger partial charge in [0.2, 0.25) is 0 Å². The van der Waals surface area contributed by atoms with Gasteiger partial charge in [-0.25, -0.2) is 0 Å². The summed E-state index contributed by atoms with van der Waals surface area (Å²) in [5.74, 6) is 0.530. The number of hydrogen-bond donors (Lipinski definition) is 0. The second-order valence-corrected chi connectivity index (χ2v) is 17.2. The zero-order valence-corrected chi connectivity index (χ0v) is 38.3. The van der Waals surface area contributed by atoms with E-state index < -0.39 is 0 Å². The average molecular weight is 854 g/mol. The van der Waals surface area contributed by atoms with Crippen LogP contribution in [0.25, 0.3) is 77.6 Å². The summed E-state index contributed by atoms with van der Waals surface area (Å²) in [5, 5.41) is 2.30. The van der Waals surface area contributed by atoms with Crippen molar-refractivity contribution < 1.29 is 4.42 Å². The number of para-hydroxylation sites is 2. The SMILES string of the molecule is CC.Cc1c(C2=CC=CCC2C)cccc1-c1ccc(C2=CC=C(N(c3ccc(-c4ccccc4)cc3)c3ccc(-c4ccc(-c5cccc6c5oc5ccccc56)cc4)cc3)CC2)cc1. The fraction of sp³-hybridized carbons (Fsp3) is 0.125. The number of anilines is 2. The van der Waals surface area contributed by atoms with Gasteiger partial charge in [-0.1, -0.05) is 203 Å². The molecule has 0 saturated carbocycles. The first kappa shape index (κ1) is 42.3. The van der Waals surface area contributed by atoms with Crippen LogP contribution in [0.3, 0.4) is 0 Å². The van der Waals surface area contributed by atoms with E-state index in [1.54, 1.807) is 0 Å². The van der Waals surface area contributed by atoms with Crippen molar-refractivity contribution in [1.82, 2.24) is 0 Å². The third-order valence-electron chi connectivity index (χ3n) is 13.4. The Balaban J connectivity index is 0.00000252. The number of hydrogen-bond acceptors (Lipinski definition) is 2. The molecule has 2 heteroatoms. The van der Waals surface area contributed by atoms with Gasteiger partial charge in [-0.05, 0) is 135 Å². The lowest BCUT2D eigenvalue weighted by Crippen LogP contribution is -2.17. The van der Waals surface area contributed by atoms with Gasteiger partial charge in [0.05, 0.1) is 0 Å². The molecule has 322 valence electrons. The van der Waals surface area contributed by atoms with Gasteiger partial charge in [0.1, 0.15) is 11.2 Å². The van der Waals surface area contributed by atoms with E-state index >= 15 is 0 Å². The first-order valence-corrected chi connectivity index (χ1v) is 23.6. The van der Waals surface area contributed by atoms with Crippen LogP contribution >= 0.6 is 0 Å². The first-order valence-electron chi connectivity index (χ1n) is 23.6. The lowest BCUT2D eigenvalue weighted by atomic mass is 9.84. The van der Waals surface area contributed by atoms with Crippen molar-refractivity contribution in [2.75, 3.05) is 4.90 Å².